The normalized spacial score (nSPS) is 10.5. The molecule has 0 N–H and O–H groups in total. The van der Waals surface area contributed by atoms with Crippen molar-refractivity contribution in [2.45, 2.75) is 33.1 Å². The van der Waals surface area contributed by atoms with E-state index in [0.29, 0.717) is 0 Å². The van der Waals surface area contributed by atoms with Crippen molar-refractivity contribution in [3.63, 3.8) is 0 Å². The number of hydrogen-bond donors (Lipinski definition) is 0. The maximum absolute atomic E-state index is 4.51. The molecule has 1 heterocycles. The van der Waals surface area contributed by atoms with Crippen LogP contribution in [0.1, 0.15) is 31.0 Å². The molecule has 88 valence electrons. The number of rotatable bonds is 4. The first-order valence-corrected chi connectivity index (χ1v) is 6.32. The lowest BCUT2D eigenvalue weighted by molar-refractivity contribution is 0.791. The average molecular weight is 225 g/mol. The topological polar surface area (TPSA) is 12.9 Å². The predicted octanol–water partition coefficient (Wildman–Crippen LogP) is 4.40. The van der Waals surface area contributed by atoms with Gasteiger partial charge in [-0.15, -0.1) is 0 Å². The summed E-state index contributed by atoms with van der Waals surface area (Å²) < 4.78 is 0. The Balaban J connectivity index is 2.33. The molecule has 1 aromatic heterocycles. The van der Waals surface area contributed by atoms with Crippen LogP contribution >= 0.6 is 0 Å². The summed E-state index contributed by atoms with van der Waals surface area (Å²) in [7, 11) is 0. The highest BCUT2D eigenvalue weighted by Gasteiger charge is 2.04. The van der Waals surface area contributed by atoms with Crippen molar-refractivity contribution in [1.82, 2.24) is 4.98 Å². The van der Waals surface area contributed by atoms with Gasteiger partial charge in [-0.05, 0) is 37.0 Å². The molecule has 0 saturated heterocycles. The molecule has 0 bridgehead atoms. The molecule has 0 spiro atoms. The molecular formula is C16H19N. The predicted molar refractivity (Wildman–Crippen MR) is 73.0 cm³/mol. The molecule has 0 amide bonds. The van der Waals surface area contributed by atoms with Gasteiger partial charge in [0.25, 0.3) is 0 Å². The van der Waals surface area contributed by atoms with E-state index >= 15 is 0 Å². The van der Waals surface area contributed by atoms with Gasteiger partial charge in [-0.1, -0.05) is 43.7 Å². The number of aryl methyl sites for hydroxylation is 2. The highest BCUT2D eigenvalue weighted by Crippen LogP contribution is 2.23. The Kier molecular flexibility index (Phi) is 3.92. The van der Waals surface area contributed by atoms with Crippen molar-refractivity contribution in [3.8, 4) is 11.1 Å². The molecule has 0 radical (unpaired) electrons. The van der Waals surface area contributed by atoms with Crippen LogP contribution in [0.4, 0.5) is 0 Å². The van der Waals surface area contributed by atoms with E-state index in [0.717, 1.165) is 12.1 Å². The second-order valence-electron chi connectivity index (χ2n) is 4.45. The first kappa shape index (κ1) is 11.8. The molecule has 0 saturated carbocycles. The zero-order valence-electron chi connectivity index (χ0n) is 10.6. The van der Waals surface area contributed by atoms with Gasteiger partial charge >= 0.3 is 0 Å². The minimum Gasteiger partial charge on any atom is -0.261 e. The van der Waals surface area contributed by atoms with Gasteiger partial charge in [0.1, 0.15) is 0 Å². The second-order valence-corrected chi connectivity index (χ2v) is 4.45. The van der Waals surface area contributed by atoms with E-state index in [2.05, 4.69) is 49.2 Å². The van der Waals surface area contributed by atoms with Crippen molar-refractivity contribution in [2.75, 3.05) is 0 Å². The van der Waals surface area contributed by atoms with Crippen LogP contribution in [0.2, 0.25) is 0 Å². The maximum atomic E-state index is 4.51. The average Bonchev–Trinajstić information content (AvgIpc) is 2.39. The lowest BCUT2D eigenvalue weighted by Gasteiger charge is -2.08. The molecule has 0 aliphatic heterocycles. The van der Waals surface area contributed by atoms with Gasteiger partial charge in [0.2, 0.25) is 0 Å². The van der Waals surface area contributed by atoms with Crippen molar-refractivity contribution >= 4 is 0 Å². The van der Waals surface area contributed by atoms with Gasteiger partial charge in [-0.2, -0.15) is 0 Å². The first-order chi connectivity index (χ1) is 8.31. The van der Waals surface area contributed by atoms with Gasteiger partial charge in [-0.25, -0.2) is 0 Å². The SMILES string of the molecule is CCCCc1cnc(C)c(-c2ccccc2)c1. The van der Waals surface area contributed by atoms with Crippen LogP contribution in [-0.4, -0.2) is 4.98 Å². The Morgan fingerprint density at radius 1 is 1.12 bits per heavy atom. The smallest absolute Gasteiger partial charge is 0.0451 e. The van der Waals surface area contributed by atoms with Gasteiger partial charge < -0.3 is 0 Å². The Hall–Kier alpha value is -1.63. The zero-order chi connectivity index (χ0) is 12.1. The summed E-state index contributed by atoms with van der Waals surface area (Å²) in [6, 6.07) is 12.8. The summed E-state index contributed by atoms with van der Waals surface area (Å²) in [5.41, 5.74) is 4.97. The highest BCUT2D eigenvalue weighted by atomic mass is 14.7. The number of unbranched alkanes of at least 4 members (excludes halogenated alkanes) is 1. The number of pyridine rings is 1. The van der Waals surface area contributed by atoms with Crippen molar-refractivity contribution in [2.24, 2.45) is 0 Å². The third-order valence-corrected chi connectivity index (χ3v) is 3.05. The van der Waals surface area contributed by atoms with Gasteiger partial charge in [0.05, 0.1) is 0 Å². The van der Waals surface area contributed by atoms with Crippen molar-refractivity contribution in [3.05, 3.63) is 53.9 Å². The fourth-order valence-electron chi connectivity index (χ4n) is 2.00. The molecule has 1 aromatic carbocycles. The highest BCUT2D eigenvalue weighted by molar-refractivity contribution is 5.66. The van der Waals surface area contributed by atoms with Gasteiger partial charge in [-0.3, -0.25) is 4.98 Å². The van der Waals surface area contributed by atoms with Crippen LogP contribution in [0.15, 0.2) is 42.6 Å². The Morgan fingerprint density at radius 3 is 2.59 bits per heavy atom. The quantitative estimate of drug-likeness (QED) is 0.751. The van der Waals surface area contributed by atoms with E-state index < -0.39 is 0 Å². The number of hydrogen-bond acceptors (Lipinski definition) is 1. The van der Waals surface area contributed by atoms with E-state index in [9.17, 15) is 0 Å². The third kappa shape index (κ3) is 2.94. The third-order valence-electron chi connectivity index (χ3n) is 3.05. The van der Waals surface area contributed by atoms with Crippen LogP contribution in [0.25, 0.3) is 11.1 Å². The lowest BCUT2D eigenvalue weighted by atomic mass is 10.0. The minimum atomic E-state index is 1.11. The number of aromatic nitrogens is 1. The fraction of sp³-hybridized carbons (Fsp3) is 0.312. The Morgan fingerprint density at radius 2 is 1.88 bits per heavy atom. The van der Waals surface area contributed by atoms with E-state index in [-0.39, 0.29) is 0 Å². The zero-order valence-corrected chi connectivity index (χ0v) is 10.6. The monoisotopic (exact) mass is 225 g/mol. The summed E-state index contributed by atoms with van der Waals surface area (Å²) in [5.74, 6) is 0. The lowest BCUT2D eigenvalue weighted by Crippen LogP contribution is -1.92. The van der Waals surface area contributed by atoms with Gasteiger partial charge in [0.15, 0.2) is 0 Å². The Labute approximate surface area is 104 Å². The minimum absolute atomic E-state index is 1.11. The molecule has 2 rings (SSSR count). The summed E-state index contributed by atoms with van der Waals surface area (Å²) >= 11 is 0. The molecule has 2 aromatic rings. The molecule has 0 unspecified atom stereocenters. The van der Waals surface area contributed by atoms with E-state index in [1.807, 2.05) is 12.3 Å². The molecule has 0 atom stereocenters. The molecule has 0 aliphatic carbocycles. The first-order valence-electron chi connectivity index (χ1n) is 6.32. The molecule has 0 fully saturated rings. The summed E-state index contributed by atoms with van der Waals surface area (Å²) in [6.45, 7) is 4.30. The van der Waals surface area contributed by atoms with Crippen molar-refractivity contribution in [1.29, 1.82) is 0 Å². The molecule has 17 heavy (non-hydrogen) atoms. The van der Waals surface area contributed by atoms with Crippen LogP contribution in [0.3, 0.4) is 0 Å². The molecule has 1 heteroatoms. The standard InChI is InChI=1S/C16H19N/c1-3-4-8-14-11-16(13(2)17-12-14)15-9-6-5-7-10-15/h5-7,9-12H,3-4,8H2,1-2H3. The summed E-state index contributed by atoms with van der Waals surface area (Å²) in [4.78, 5) is 4.51. The molecular weight excluding hydrogens is 206 g/mol. The second kappa shape index (κ2) is 5.62. The van der Waals surface area contributed by atoms with Crippen molar-refractivity contribution < 1.29 is 0 Å². The van der Waals surface area contributed by atoms with Crippen LogP contribution in [0, 0.1) is 6.92 Å². The van der Waals surface area contributed by atoms with Crippen LogP contribution < -0.4 is 0 Å². The summed E-state index contributed by atoms with van der Waals surface area (Å²) in [6.07, 6.45) is 5.61. The van der Waals surface area contributed by atoms with E-state index in [4.69, 9.17) is 0 Å². The largest absolute Gasteiger partial charge is 0.261 e. The number of nitrogens with zero attached hydrogens (tertiary/aromatic N) is 1. The number of benzene rings is 1. The maximum Gasteiger partial charge on any atom is 0.0451 e. The van der Waals surface area contributed by atoms with E-state index in [1.165, 1.54) is 29.5 Å². The molecule has 0 aliphatic rings. The van der Waals surface area contributed by atoms with Crippen LogP contribution in [0.5, 0.6) is 0 Å². The van der Waals surface area contributed by atoms with Gasteiger partial charge in [0, 0.05) is 17.5 Å². The molecule has 1 nitrogen and oxygen atoms in total. The Bertz CT molecular complexity index is 474. The van der Waals surface area contributed by atoms with E-state index in [1.54, 1.807) is 0 Å². The fourth-order valence-corrected chi connectivity index (χ4v) is 2.00. The van der Waals surface area contributed by atoms with Crippen LogP contribution in [-0.2, 0) is 6.42 Å². The summed E-state index contributed by atoms with van der Waals surface area (Å²) in [5, 5.41) is 0.